The summed E-state index contributed by atoms with van der Waals surface area (Å²) in [6, 6.07) is 13.1. The van der Waals surface area contributed by atoms with Crippen LogP contribution in [0.15, 0.2) is 42.5 Å². The van der Waals surface area contributed by atoms with Crippen LogP contribution in [-0.2, 0) is 9.59 Å². The highest BCUT2D eigenvalue weighted by molar-refractivity contribution is 6.40. The SMILES string of the molecule is Cc1c(Cl)cccc1NC(=O)C(=O)NCCCN1CCN(c2ccc(Cl)cc2)CC1. The lowest BCUT2D eigenvalue weighted by Crippen LogP contribution is -2.47. The summed E-state index contributed by atoms with van der Waals surface area (Å²) >= 11 is 12.0. The van der Waals surface area contributed by atoms with Gasteiger partial charge in [0.15, 0.2) is 0 Å². The molecule has 2 N–H and O–H groups in total. The van der Waals surface area contributed by atoms with Crippen molar-refractivity contribution in [3.05, 3.63) is 58.1 Å². The average molecular weight is 449 g/mol. The van der Waals surface area contributed by atoms with Crippen molar-refractivity contribution in [2.45, 2.75) is 13.3 Å². The smallest absolute Gasteiger partial charge is 0.313 e. The van der Waals surface area contributed by atoms with Gasteiger partial charge in [-0.3, -0.25) is 14.5 Å². The predicted octanol–water partition coefficient (Wildman–Crippen LogP) is 3.57. The quantitative estimate of drug-likeness (QED) is 0.523. The Balaban J connectivity index is 1.34. The highest BCUT2D eigenvalue weighted by Gasteiger charge is 2.18. The van der Waals surface area contributed by atoms with Gasteiger partial charge in [-0.05, 0) is 61.9 Å². The number of anilines is 2. The fourth-order valence-electron chi connectivity index (χ4n) is 3.39. The highest BCUT2D eigenvalue weighted by Crippen LogP contribution is 2.23. The zero-order valence-corrected chi connectivity index (χ0v) is 18.5. The maximum atomic E-state index is 12.1. The molecule has 0 radical (unpaired) electrons. The standard InChI is InChI=1S/C22H26Cl2N4O2/c1-16-19(24)4-2-5-20(16)26-22(30)21(29)25-10-3-11-27-12-14-28(15-13-27)18-8-6-17(23)7-9-18/h2,4-9H,3,10-15H2,1H3,(H,25,29)(H,26,30). The van der Waals surface area contributed by atoms with E-state index in [9.17, 15) is 9.59 Å². The monoisotopic (exact) mass is 448 g/mol. The van der Waals surface area contributed by atoms with E-state index in [1.165, 1.54) is 5.69 Å². The number of halogens is 2. The van der Waals surface area contributed by atoms with Crippen LogP contribution in [0.5, 0.6) is 0 Å². The number of piperazine rings is 1. The summed E-state index contributed by atoms with van der Waals surface area (Å²) in [6.07, 6.45) is 0.788. The molecule has 1 heterocycles. The van der Waals surface area contributed by atoms with Crippen LogP contribution < -0.4 is 15.5 Å². The lowest BCUT2D eigenvalue weighted by molar-refractivity contribution is -0.136. The molecule has 0 aromatic heterocycles. The van der Waals surface area contributed by atoms with Gasteiger partial charge < -0.3 is 15.5 Å². The third-order valence-electron chi connectivity index (χ3n) is 5.22. The average Bonchev–Trinajstić information content (AvgIpc) is 2.75. The number of amides is 2. The van der Waals surface area contributed by atoms with Crippen LogP contribution in [0, 0.1) is 6.92 Å². The first-order chi connectivity index (χ1) is 14.4. The lowest BCUT2D eigenvalue weighted by atomic mass is 10.2. The van der Waals surface area contributed by atoms with Crippen LogP contribution in [-0.4, -0.2) is 56.0 Å². The van der Waals surface area contributed by atoms with E-state index in [0.29, 0.717) is 17.3 Å². The number of hydrogen-bond acceptors (Lipinski definition) is 4. The highest BCUT2D eigenvalue weighted by atomic mass is 35.5. The van der Waals surface area contributed by atoms with Gasteiger partial charge in [-0.15, -0.1) is 0 Å². The molecule has 0 bridgehead atoms. The van der Waals surface area contributed by atoms with E-state index in [1.54, 1.807) is 25.1 Å². The summed E-state index contributed by atoms with van der Waals surface area (Å²) in [6.45, 7) is 6.96. The molecule has 1 aliphatic heterocycles. The van der Waals surface area contributed by atoms with Crippen LogP contribution >= 0.6 is 23.2 Å². The van der Waals surface area contributed by atoms with Gasteiger partial charge in [0.2, 0.25) is 0 Å². The molecule has 1 saturated heterocycles. The molecule has 2 aromatic carbocycles. The van der Waals surface area contributed by atoms with E-state index in [1.807, 2.05) is 24.3 Å². The number of carbonyl (C=O) groups excluding carboxylic acids is 2. The van der Waals surface area contributed by atoms with E-state index < -0.39 is 11.8 Å². The third-order valence-corrected chi connectivity index (χ3v) is 5.88. The molecule has 30 heavy (non-hydrogen) atoms. The molecule has 1 fully saturated rings. The van der Waals surface area contributed by atoms with Gasteiger partial charge in [0.1, 0.15) is 0 Å². The Labute approximate surface area is 187 Å². The van der Waals surface area contributed by atoms with Crippen molar-refractivity contribution in [3.8, 4) is 0 Å². The lowest BCUT2D eigenvalue weighted by Gasteiger charge is -2.36. The minimum Gasteiger partial charge on any atom is -0.369 e. The second-order valence-corrected chi connectivity index (χ2v) is 8.12. The molecular weight excluding hydrogens is 423 g/mol. The first-order valence-corrected chi connectivity index (χ1v) is 10.8. The maximum absolute atomic E-state index is 12.1. The molecule has 1 aliphatic rings. The summed E-state index contributed by atoms with van der Waals surface area (Å²) in [5.41, 5.74) is 2.46. The van der Waals surface area contributed by atoms with Crippen LogP contribution in [0.3, 0.4) is 0 Å². The zero-order chi connectivity index (χ0) is 21.5. The van der Waals surface area contributed by atoms with Gasteiger partial charge in [0.05, 0.1) is 0 Å². The third kappa shape index (κ3) is 6.11. The summed E-state index contributed by atoms with van der Waals surface area (Å²) < 4.78 is 0. The number of rotatable bonds is 6. The Morgan fingerprint density at radius 3 is 2.37 bits per heavy atom. The Morgan fingerprint density at radius 1 is 0.967 bits per heavy atom. The Kier molecular flexibility index (Phi) is 7.96. The number of nitrogens with zero attached hydrogens (tertiary/aromatic N) is 2. The van der Waals surface area contributed by atoms with Crippen molar-refractivity contribution in [1.82, 2.24) is 10.2 Å². The van der Waals surface area contributed by atoms with E-state index >= 15 is 0 Å². The number of nitrogens with one attached hydrogen (secondary N) is 2. The molecule has 2 amide bonds. The molecule has 2 aromatic rings. The van der Waals surface area contributed by atoms with Crippen molar-refractivity contribution in [2.75, 3.05) is 49.5 Å². The Hall–Kier alpha value is -2.28. The Bertz CT molecular complexity index is 881. The maximum Gasteiger partial charge on any atom is 0.313 e. The second-order valence-electron chi connectivity index (χ2n) is 7.28. The first kappa shape index (κ1) is 22.4. The zero-order valence-electron chi connectivity index (χ0n) is 17.0. The molecule has 0 aliphatic carbocycles. The van der Waals surface area contributed by atoms with Gasteiger partial charge in [0, 0.05) is 54.1 Å². The minimum absolute atomic E-state index is 0.457. The first-order valence-electron chi connectivity index (χ1n) is 10.0. The van der Waals surface area contributed by atoms with E-state index in [-0.39, 0.29) is 0 Å². The van der Waals surface area contributed by atoms with Crippen molar-refractivity contribution >= 4 is 46.4 Å². The molecule has 0 unspecified atom stereocenters. The number of carbonyl (C=O) groups is 2. The molecule has 0 spiro atoms. The van der Waals surface area contributed by atoms with Crippen molar-refractivity contribution in [2.24, 2.45) is 0 Å². The largest absolute Gasteiger partial charge is 0.369 e. The van der Waals surface area contributed by atoms with E-state index in [4.69, 9.17) is 23.2 Å². The summed E-state index contributed by atoms with van der Waals surface area (Å²) in [7, 11) is 0. The van der Waals surface area contributed by atoms with Crippen molar-refractivity contribution in [1.29, 1.82) is 0 Å². The van der Waals surface area contributed by atoms with Crippen molar-refractivity contribution < 1.29 is 9.59 Å². The molecule has 160 valence electrons. The van der Waals surface area contributed by atoms with E-state index in [0.717, 1.165) is 49.7 Å². The molecule has 0 saturated carbocycles. The fourth-order valence-corrected chi connectivity index (χ4v) is 3.69. The van der Waals surface area contributed by atoms with Crippen LogP contribution in [0.4, 0.5) is 11.4 Å². The van der Waals surface area contributed by atoms with Gasteiger partial charge in [-0.25, -0.2) is 0 Å². The summed E-state index contributed by atoms with van der Waals surface area (Å²) in [4.78, 5) is 28.8. The van der Waals surface area contributed by atoms with Crippen LogP contribution in [0.25, 0.3) is 0 Å². The predicted molar refractivity (Wildman–Crippen MR) is 123 cm³/mol. The van der Waals surface area contributed by atoms with Gasteiger partial charge >= 0.3 is 11.8 Å². The second kappa shape index (κ2) is 10.7. The number of benzene rings is 2. The molecule has 6 nitrogen and oxygen atoms in total. The van der Waals surface area contributed by atoms with E-state index in [2.05, 4.69) is 20.4 Å². The van der Waals surface area contributed by atoms with Gasteiger partial charge in [0.25, 0.3) is 0 Å². The molecule has 3 rings (SSSR count). The van der Waals surface area contributed by atoms with Gasteiger partial charge in [-0.1, -0.05) is 29.3 Å². The molecular formula is C22H26Cl2N4O2. The normalized spacial score (nSPS) is 14.4. The Morgan fingerprint density at radius 2 is 1.67 bits per heavy atom. The molecule has 8 heteroatoms. The minimum atomic E-state index is -0.683. The summed E-state index contributed by atoms with van der Waals surface area (Å²) in [5, 5.41) is 6.58. The van der Waals surface area contributed by atoms with Crippen LogP contribution in [0.1, 0.15) is 12.0 Å². The summed E-state index contributed by atoms with van der Waals surface area (Å²) in [5.74, 6) is -1.32. The fraction of sp³-hybridized carbons (Fsp3) is 0.364. The topological polar surface area (TPSA) is 64.7 Å². The van der Waals surface area contributed by atoms with Gasteiger partial charge in [-0.2, -0.15) is 0 Å². The number of hydrogen-bond donors (Lipinski definition) is 2. The van der Waals surface area contributed by atoms with Crippen LogP contribution in [0.2, 0.25) is 10.0 Å². The molecule has 0 atom stereocenters. The van der Waals surface area contributed by atoms with Crippen molar-refractivity contribution in [3.63, 3.8) is 0 Å².